The van der Waals surface area contributed by atoms with Gasteiger partial charge >= 0.3 is 17.8 Å². The molecule has 0 fully saturated rings. The average Bonchev–Trinajstić information content (AvgIpc) is 2.76. The van der Waals surface area contributed by atoms with E-state index in [0.717, 1.165) is 24.3 Å². The molecule has 2 nitrogen and oxygen atoms in total. The summed E-state index contributed by atoms with van der Waals surface area (Å²) in [6, 6.07) is 11.8. The standard InChI is InChI=1S/C19H10F6O2/c20-17(21)13(15(26)11-7-3-1-4-8-11)14(18(22,23)19(17,24)25)16(27)12-9-5-2-6-10-12/h1-10H. The van der Waals surface area contributed by atoms with Crippen LogP contribution in [0.15, 0.2) is 71.8 Å². The van der Waals surface area contributed by atoms with Gasteiger partial charge in [-0.15, -0.1) is 0 Å². The summed E-state index contributed by atoms with van der Waals surface area (Å²) in [5.41, 5.74) is -5.40. The summed E-state index contributed by atoms with van der Waals surface area (Å²) < 4.78 is 84.9. The molecule has 0 aromatic heterocycles. The number of halogens is 6. The van der Waals surface area contributed by atoms with Crippen molar-refractivity contribution in [2.75, 3.05) is 0 Å². The highest BCUT2D eigenvalue weighted by molar-refractivity contribution is 6.20. The van der Waals surface area contributed by atoms with Crippen molar-refractivity contribution in [3.8, 4) is 0 Å². The molecule has 0 spiro atoms. The second-order valence-electron chi connectivity index (χ2n) is 5.86. The lowest BCUT2D eigenvalue weighted by atomic mass is 9.93. The summed E-state index contributed by atoms with van der Waals surface area (Å²) in [7, 11) is 0. The zero-order chi connectivity index (χ0) is 20.0. The van der Waals surface area contributed by atoms with Crippen molar-refractivity contribution in [2.24, 2.45) is 0 Å². The quantitative estimate of drug-likeness (QED) is 0.551. The van der Waals surface area contributed by atoms with Crippen molar-refractivity contribution in [2.45, 2.75) is 17.8 Å². The van der Waals surface area contributed by atoms with Gasteiger partial charge in [0.15, 0.2) is 11.6 Å². The van der Waals surface area contributed by atoms with E-state index in [4.69, 9.17) is 0 Å². The summed E-state index contributed by atoms with van der Waals surface area (Å²) in [4.78, 5) is 24.9. The van der Waals surface area contributed by atoms with Gasteiger partial charge in [0, 0.05) is 11.1 Å². The molecule has 2 aromatic rings. The van der Waals surface area contributed by atoms with Crippen molar-refractivity contribution in [3.63, 3.8) is 0 Å². The molecular weight excluding hydrogens is 374 g/mol. The molecule has 0 unspecified atom stereocenters. The van der Waals surface area contributed by atoms with Crippen LogP contribution >= 0.6 is 0 Å². The average molecular weight is 384 g/mol. The SMILES string of the molecule is O=C(C1=C(C(=O)c2ccccc2)C(F)(F)C(F)(F)C1(F)F)c1ccccc1. The number of benzene rings is 2. The lowest BCUT2D eigenvalue weighted by Gasteiger charge is -2.25. The number of rotatable bonds is 4. The fraction of sp³-hybridized carbons (Fsp3) is 0.158. The van der Waals surface area contributed by atoms with Gasteiger partial charge in [-0.3, -0.25) is 9.59 Å². The zero-order valence-corrected chi connectivity index (χ0v) is 13.4. The predicted molar refractivity (Wildman–Crippen MR) is 83.4 cm³/mol. The Morgan fingerprint density at radius 1 is 0.556 bits per heavy atom. The van der Waals surface area contributed by atoms with Gasteiger partial charge in [-0.25, -0.2) is 0 Å². The number of hydrogen-bond donors (Lipinski definition) is 0. The van der Waals surface area contributed by atoms with E-state index in [9.17, 15) is 35.9 Å². The molecule has 0 N–H and O–H groups in total. The number of Topliss-reactive ketones (excluding diaryl/α,β-unsaturated/α-hetero) is 2. The van der Waals surface area contributed by atoms with Crippen LogP contribution in [0.2, 0.25) is 0 Å². The van der Waals surface area contributed by atoms with Crippen molar-refractivity contribution in [1.82, 2.24) is 0 Å². The molecular formula is C19H10F6O2. The Balaban J connectivity index is 2.30. The molecule has 0 saturated carbocycles. The Morgan fingerprint density at radius 3 is 1.15 bits per heavy atom. The molecule has 2 aromatic carbocycles. The minimum atomic E-state index is -5.93. The Kier molecular flexibility index (Phi) is 4.25. The maximum atomic E-state index is 14.3. The van der Waals surface area contributed by atoms with Crippen LogP contribution in [0.5, 0.6) is 0 Å². The van der Waals surface area contributed by atoms with Gasteiger partial charge < -0.3 is 0 Å². The lowest BCUT2D eigenvalue weighted by molar-refractivity contribution is -0.263. The first-order chi connectivity index (χ1) is 12.5. The Hall–Kier alpha value is -2.90. The molecule has 0 bridgehead atoms. The van der Waals surface area contributed by atoms with E-state index in [1.165, 1.54) is 36.4 Å². The molecule has 8 heteroatoms. The molecule has 0 amide bonds. The maximum Gasteiger partial charge on any atom is 0.380 e. The van der Waals surface area contributed by atoms with Crippen LogP contribution in [0, 0.1) is 0 Å². The lowest BCUT2D eigenvalue weighted by Crippen LogP contribution is -2.50. The molecule has 0 heterocycles. The smallest absolute Gasteiger partial charge is 0.289 e. The first-order valence-electron chi connectivity index (χ1n) is 7.61. The van der Waals surface area contributed by atoms with Crippen molar-refractivity contribution in [1.29, 1.82) is 0 Å². The highest BCUT2D eigenvalue weighted by Gasteiger charge is 2.82. The number of allylic oxidation sites excluding steroid dienone is 2. The van der Waals surface area contributed by atoms with Crippen LogP contribution in [0.4, 0.5) is 26.3 Å². The molecule has 140 valence electrons. The second-order valence-corrected chi connectivity index (χ2v) is 5.86. The normalized spacial score (nSPS) is 19.8. The molecule has 27 heavy (non-hydrogen) atoms. The third kappa shape index (κ3) is 2.58. The summed E-state index contributed by atoms with van der Waals surface area (Å²) in [6.45, 7) is 0. The van der Waals surface area contributed by atoms with E-state index >= 15 is 0 Å². The fourth-order valence-corrected chi connectivity index (χ4v) is 2.81. The van der Waals surface area contributed by atoms with Gasteiger partial charge in [0.25, 0.3) is 0 Å². The van der Waals surface area contributed by atoms with Gasteiger partial charge in [0.05, 0.1) is 11.1 Å². The van der Waals surface area contributed by atoms with E-state index in [2.05, 4.69) is 0 Å². The zero-order valence-electron chi connectivity index (χ0n) is 13.4. The highest BCUT2D eigenvalue weighted by atomic mass is 19.3. The summed E-state index contributed by atoms with van der Waals surface area (Å²) in [6.07, 6.45) is 0. The maximum absolute atomic E-state index is 14.3. The van der Waals surface area contributed by atoms with Crippen LogP contribution in [-0.2, 0) is 0 Å². The molecule has 0 radical (unpaired) electrons. The number of hydrogen-bond acceptors (Lipinski definition) is 2. The first-order valence-corrected chi connectivity index (χ1v) is 7.61. The molecule has 3 rings (SSSR count). The number of alkyl halides is 6. The van der Waals surface area contributed by atoms with Gasteiger partial charge in [-0.05, 0) is 0 Å². The molecule has 0 aliphatic heterocycles. The van der Waals surface area contributed by atoms with Crippen LogP contribution in [-0.4, -0.2) is 29.3 Å². The fourth-order valence-electron chi connectivity index (χ4n) is 2.81. The Morgan fingerprint density at radius 2 is 0.852 bits per heavy atom. The minimum Gasteiger partial charge on any atom is -0.289 e. The van der Waals surface area contributed by atoms with Crippen molar-refractivity contribution >= 4 is 11.6 Å². The van der Waals surface area contributed by atoms with E-state index in [0.29, 0.717) is 0 Å². The van der Waals surface area contributed by atoms with Gasteiger partial charge in [-0.1, -0.05) is 60.7 Å². The van der Waals surface area contributed by atoms with Crippen molar-refractivity contribution in [3.05, 3.63) is 82.9 Å². The number of ketones is 2. The van der Waals surface area contributed by atoms with E-state index in [1.807, 2.05) is 0 Å². The monoisotopic (exact) mass is 384 g/mol. The number of carbonyl (C=O) groups is 2. The van der Waals surface area contributed by atoms with Crippen LogP contribution in [0.1, 0.15) is 20.7 Å². The predicted octanol–water partition coefficient (Wildman–Crippen LogP) is 4.97. The largest absolute Gasteiger partial charge is 0.380 e. The topological polar surface area (TPSA) is 34.1 Å². The Labute approximate surface area is 149 Å². The van der Waals surface area contributed by atoms with Crippen LogP contribution < -0.4 is 0 Å². The Bertz CT molecular complexity index is 858. The molecule has 1 aliphatic rings. The molecule has 1 aliphatic carbocycles. The molecule has 0 saturated heterocycles. The van der Waals surface area contributed by atoms with Crippen molar-refractivity contribution < 1.29 is 35.9 Å². The van der Waals surface area contributed by atoms with Gasteiger partial charge in [-0.2, -0.15) is 26.3 Å². The van der Waals surface area contributed by atoms with E-state index in [1.54, 1.807) is 0 Å². The summed E-state index contributed by atoms with van der Waals surface area (Å²) >= 11 is 0. The number of carbonyl (C=O) groups excluding carboxylic acids is 2. The van der Waals surface area contributed by atoms with E-state index < -0.39 is 51.6 Å². The van der Waals surface area contributed by atoms with Gasteiger partial charge in [0.2, 0.25) is 0 Å². The third-order valence-corrected chi connectivity index (χ3v) is 4.19. The van der Waals surface area contributed by atoms with Crippen LogP contribution in [0.3, 0.4) is 0 Å². The van der Waals surface area contributed by atoms with E-state index in [-0.39, 0.29) is 0 Å². The molecule has 0 atom stereocenters. The summed E-state index contributed by atoms with van der Waals surface area (Å²) in [5.74, 6) is -20.5. The third-order valence-electron chi connectivity index (χ3n) is 4.19. The first kappa shape index (κ1) is 18.9. The minimum absolute atomic E-state index is 0.515. The summed E-state index contributed by atoms with van der Waals surface area (Å²) in [5, 5.41) is 0. The second kappa shape index (κ2) is 6.07. The van der Waals surface area contributed by atoms with Crippen LogP contribution in [0.25, 0.3) is 0 Å². The highest BCUT2D eigenvalue weighted by Crippen LogP contribution is 2.60. The van der Waals surface area contributed by atoms with Gasteiger partial charge in [0.1, 0.15) is 0 Å².